The summed E-state index contributed by atoms with van der Waals surface area (Å²) in [6, 6.07) is 0.597. The molecule has 1 saturated heterocycles. The van der Waals surface area contributed by atoms with Gasteiger partial charge >= 0.3 is 0 Å². The van der Waals surface area contributed by atoms with Gasteiger partial charge in [0, 0.05) is 25.6 Å². The van der Waals surface area contributed by atoms with E-state index in [1.54, 1.807) is 0 Å². The SMILES string of the molecule is CCC(=O)N1CC(N(C)CCC(C)C)C1. The molecule has 0 atom stereocenters. The molecule has 15 heavy (non-hydrogen) atoms. The number of carbonyl (C=O) groups is 1. The summed E-state index contributed by atoms with van der Waals surface area (Å²) in [5, 5.41) is 0. The van der Waals surface area contributed by atoms with E-state index >= 15 is 0 Å². The highest BCUT2D eigenvalue weighted by atomic mass is 16.2. The molecule has 1 heterocycles. The second-order valence-electron chi connectivity index (χ2n) is 4.97. The molecule has 88 valence electrons. The topological polar surface area (TPSA) is 23.6 Å². The molecule has 1 fully saturated rings. The molecule has 3 nitrogen and oxygen atoms in total. The maximum Gasteiger partial charge on any atom is 0.222 e. The Morgan fingerprint density at radius 3 is 2.53 bits per heavy atom. The van der Waals surface area contributed by atoms with Gasteiger partial charge in [0.15, 0.2) is 0 Å². The molecule has 0 unspecified atom stereocenters. The van der Waals surface area contributed by atoms with Crippen LogP contribution in [0, 0.1) is 5.92 Å². The van der Waals surface area contributed by atoms with E-state index in [1.165, 1.54) is 6.42 Å². The highest BCUT2D eigenvalue weighted by molar-refractivity contribution is 5.76. The van der Waals surface area contributed by atoms with Crippen molar-refractivity contribution >= 4 is 5.91 Å². The highest BCUT2D eigenvalue weighted by Crippen LogP contribution is 2.15. The zero-order valence-electron chi connectivity index (χ0n) is 10.5. The third kappa shape index (κ3) is 3.49. The van der Waals surface area contributed by atoms with Gasteiger partial charge in [-0.1, -0.05) is 20.8 Å². The van der Waals surface area contributed by atoms with Crippen molar-refractivity contribution in [2.75, 3.05) is 26.7 Å². The van der Waals surface area contributed by atoms with Crippen molar-refractivity contribution in [2.24, 2.45) is 5.92 Å². The van der Waals surface area contributed by atoms with E-state index in [1.807, 2.05) is 11.8 Å². The molecule has 0 N–H and O–H groups in total. The average molecular weight is 212 g/mol. The maximum atomic E-state index is 11.3. The van der Waals surface area contributed by atoms with Crippen LogP contribution in [0.25, 0.3) is 0 Å². The van der Waals surface area contributed by atoms with Crippen molar-refractivity contribution < 1.29 is 4.79 Å². The van der Waals surface area contributed by atoms with Crippen LogP contribution < -0.4 is 0 Å². The Labute approximate surface area is 93.4 Å². The summed E-state index contributed by atoms with van der Waals surface area (Å²) >= 11 is 0. The van der Waals surface area contributed by atoms with Gasteiger partial charge in [0.1, 0.15) is 0 Å². The Kier molecular flexibility index (Phi) is 4.58. The first-order chi connectivity index (χ1) is 7.04. The van der Waals surface area contributed by atoms with Crippen molar-refractivity contribution in [1.29, 1.82) is 0 Å². The molecule has 0 aliphatic carbocycles. The lowest BCUT2D eigenvalue weighted by atomic mass is 10.1. The third-order valence-corrected chi connectivity index (χ3v) is 3.20. The molecule has 0 bridgehead atoms. The normalized spacial score (nSPS) is 17.3. The standard InChI is InChI=1S/C12H24N2O/c1-5-12(15)14-8-11(9-14)13(4)7-6-10(2)3/h10-11H,5-9H2,1-4H3. The largest absolute Gasteiger partial charge is 0.339 e. The molecule has 0 aromatic heterocycles. The van der Waals surface area contributed by atoms with Gasteiger partial charge in [0.25, 0.3) is 0 Å². The minimum Gasteiger partial charge on any atom is -0.339 e. The van der Waals surface area contributed by atoms with E-state index in [4.69, 9.17) is 0 Å². The van der Waals surface area contributed by atoms with Crippen LogP contribution in [0.15, 0.2) is 0 Å². The third-order valence-electron chi connectivity index (χ3n) is 3.20. The summed E-state index contributed by atoms with van der Waals surface area (Å²) in [7, 11) is 2.17. The van der Waals surface area contributed by atoms with Gasteiger partial charge in [-0.25, -0.2) is 0 Å². The summed E-state index contributed by atoms with van der Waals surface area (Å²) in [5.41, 5.74) is 0. The van der Waals surface area contributed by atoms with E-state index in [2.05, 4.69) is 25.8 Å². The second-order valence-corrected chi connectivity index (χ2v) is 4.97. The van der Waals surface area contributed by atoms with Crippen LogP contribution in [-0.4, -0.2) is 48.4 Å². The molecule has 0 saturated carbocycles. The molecule has 1 aliphatic rings. The Hall–Kier alpha value is -0.570. The smallest absolute Gasteiger partial charge is 0.222 e. The Morgan fingerprint density at radius 1 is 1.47 bits per heavy atom. The van der Waals surface area contributed by atoms with Gasteiger partial charge in [-0.05, 0) is 25.9 Å². The maximum absolute atomic E-state index is 11.3. The Bertz CT molecular complexity index is 210. The fourth-order valence-electron chi connectivity index (χ4n) is 1.81. The monoisotopic (exact) mass is 212 g/mol. The minimum atomic E-state index is 0.295. The van der Waals surface area contributed by atoms with Crippen LogP contribution in [0.5, 0.6) is 0 Å². The lowest BCUT2D eigenvalue weighted by Gasteiger charge is -2.44. The number of likely N-dealkylation sites (N-methyl/N-ethyl adjacent to an activating group) is 1. The molecule has 1 aliphatic heterocycles. The molecular weight excluding hydrogens is 188 g/mol. The number of carbonyl (C=O) groups excluding carboxylic acids is 1. The first kappa shape index (κ1) is 12.5. The summed E-state index contributed by atoms with van der Waals surface area (Å²) in [6.45, 7) is 9.44. The minimum absolute atomic E-state index is 0.295. The summed E-state index contributed by atoms with van der Waals surface area (Å²) in [4.78, 5) is 15.7. The van der Waals surface area contributed by atoms with Crippen LogP contribution in [-0.2, 0) is 4.79 Å². The fourth-order valence-corrected chi connectivity index (χ4v) is 1.81. The Morgan fingerprint density at radius 2 is 2.07 bits per heavy atom. The van der Waals surface area contributed by atoms with Crippen molar-refractivity contribution in [1.82, 2.24) is 9.80 Å². The molecule has 0 radical (unpaired) electrons. The van der Waals surface area contributed by atoms with E-state index in [-0.39, 0.29) is 0 Å². The first-order valence-electron chi connectivity index (χ1n) is 6.02. The summed E-state index contributed by atoms with van der Waals surface area (Å²) in [5.74, 6) is 1.06. The number of amides is 1. The van der Waals surface area contributed by atoms with Gasteiger partial charge in [0.05, 0.1) is 0 Å². The van der Waals surface area contributed by atoms with Gasteiger partial charge in [-0.15, -0.1) is 0 Å². The molecular formula is C12H24N2O. The lowest BCUT2D eigenvalue weighted by Crippen LogP contribution is -2.60. The van der Waals surface area contributed by atoms with Gasteiger partial charge in [-0.2, -0.15) is 0 Å². The molecule has 0 aromatic carbocycles. The molecule has 0 spiro atoms. The zero-order chi connectivity index (χ0) is 11.4. The fraction of sp³-hybridized carbons (Fsp3) is 0.917. The number of rotatable bonds is 5. The number of likely N-dealkylation sites (tertiary alicyclic amines) is 1. The van der Waals surface area contributed by atoms with Crippen molar-refractivity contribution in [2.45, 2.75) is 39.7 Å². The van der Waals surface area contributed by atoms with Crippen molar-refractivity contribution in [3.63, 3.8) is 0 Å². The summed E-state index contributed by atoms with van der Waals surface area (Å²) in [6.07, 6.45) is 1.89. The lowest BCUT2D eigenvalue weighted by molar-refractivity contribution is -0.137. The van der Waals surface area contributed by atoms with E-state index in [9.17, 15) is 4.79 Å². The average Bonchev–Trinajstić information content (AvgIpc) is 2.11. The van der Waals surface area contributed by atoms with E-state index in [0.29, 0.717) is 18.4 Å². The summed E-state index contributed by atoms with van der Waals surface area (Å²) < 4.78 is 0. The predicted molar refractivity (Wildman–Crippen MR) is 62.7 cm³/mol. The predicted octanol–water partition coefficient (Wildman–Crippen LogP) is 1.59. The molecule has 3 heteroatoms. The van der Waals surface area contributed by atoms with Crippen LogP contribution in [0.3, 0.4) is 0 Å². The molecule has 1 amide bonds. The first-order valence-corrected chi connectivity index (χ1v) is 6.02. The Balaban J connectivity index is 2.17. The van der Waals surface area contributed by atoms with E-state index < -0.39 is 0 Å². The second kappa shape index (κ2) is 5.50. The highest BCUT2D eigenvalue weighted by Gasteiger charge is 2.31. The number of hydrogen-bond donors (Lipinski definition) is 0. The van der Waals surface area contributed by atoms with Crippen molar-refractivity contribution in [3.05, 3.63) is 0 Å². The van der Waals surface area contributed by atoms with E-state index in [0.717, 1.165) is 25.6 Å². The number of nitrogens with zero attached hydrogens (tertiary/aromatic N) is 2. The zero-order valence-corrected chi connectivity index (χ0v) is 10.5. The molecule has 1 rings (SSSR count). The van der Waals surface area contributed by atoms with Crippen molar-refractivity contribution in [3.8, 4) is 0 Å². The van der Waals surface area contributed by atoms with Crippen LogP contribution in [0.4, 0.5) is 0 Å². The van der Waals surface area contributed by atoms with Crippen LogP contribution >= 0.6 is 0 Å². The van der Waals surface area contributed by atoms with Gasteiger partial charge < -0.3 is 4.90 Å². The number of hydrogen-bond acceptors (Lipinski definition) is 2. The van der Waals surface area contributed by atoms with Crippen LogP contribution in [0.1, 0.15) is 33.6 Å². The van der Waals surface area contributed by atoms with Gasteiger partial charge in [0.2, 0.25) is 5.91 Å². The van der Waals surface area contributed by atoms with Crippen LogP contribution in [0.2, 0.25) is 0 Å². The molecule has 0 aromatic rings. The quantitative estimate of drug-likeness (QED) is 0.691. The van der Waals surface area contributed by atoms with Gasteiger partial charge in [-0.3, -0.25) is 9.69 Å².